The van der Waals surface area contributed by atoms with Gasteiger partial charge in [-0.25, -0.2) is 0 Å². The Bertz CT molecular complexity index is 297. The van der Waals surface area contributed by atoms with Crippen molar-refractivity contribution in [1.29, 1.82) is 0 Å². The van der Waals surface area contributed by atoms with Gasteiger partial charge in [0.05, 0.1) is 19.1 Å². The molecule has 2 fully saturated rings. The van der Waals surface area contributed by atoms with Gasteiger partial charge in [-0.3, -0.25) is 4.79 Å². The van der Waals surface area contributed by atoms with E-state index in [9.17, 15) is 9.90 Å². The lowest BCUT2D eigenvalue weighted by Gasteiger charge is -2.36. The van der Waals surface area contributed by atoms with Crippen LogP contribution in [0.25, 0.3) is 0 Å². The molecule has 2 aliphatic rings. The van der Waals surface area contributed by atoms with Crippen LogP contribution in [0.5, 0.6) is 0 Å². The Kier molecular flexibility index (Phi) is 2.16. The van der Waals surface area contributed by atoms with E-state index in [2.05, 4.69) is 20.8 Å². The maximum Gasteiger partial charge on any atom is 0.311 e. The first-order chi connectivity index (χ1) is 6.86. The summed E-state index contributed by atoms with van der Waals surface area (Å²) in [5.41, 5.74) is -0.0954. The molecular weight excluding hydrogens is 192 g/mol. The van der Waals surface area contributed by atoms with Crippen molar-refractivity contribution in [3.63, 3.8) is 0 Å². The van der Waals surface area contributed by atoms with E-state index < -0.39 is 6.10 Å². The van der Waals surface area contributed by atoms with Crippen LogP contribution in [-0.2, 0) is 9.53 Å². The zero-order chi connectivity index (χ0) is 11.4. The molecule has 0 aromatic carbocycles. The molecule has 1 N–H and O–H groups in total. The number of aliphatic hydroxyl groups excluding tert-OH is 1. The molecule has 0 unspecified atom stereocenters. The normalized spacial score (nSPS) is 46.9. The van der Waals surface area contributed by atoms with E-state index in [4.69, 9.17) is 4.74 Å². The monoisotopic (exact) mass is 212 g/mol. The third kappa shape index (κ3) is 1.07. The molecular formula is C12H20O3. The van der Waals surface area contributed by atoms with E-state index in [1.165, 1.54) is 7.11 Å². The molecule has 0 saturated heterocycles. The largest absolute Gasteiger partial charge is 0.469 e. The molecule has 0 aliphatic heterocycles. The number of esters is 1. The molecule has 2 saturated carbocycles. The van der Waals surface area contributed by atoms with E-state index in [0.717, 1.165) is 12.8 Å². The predicted octanol–water partition coefficient (Wildman–Crippen LogP) is 1.59. The maximum absolute atomic E-state index is 11.7. The summed E-state index contributed by atoms with van der Waals surface area (Å²) in [6.07, 6.45) is 1.50. The molecule has 3 nitrogen and oxygen atoms in total. The zero-order valence-electron chi connectivity index (χ0n) is 9.91. The highest BCUT2D eigenvalue weighted by molar-refractivity contribution is 5.74. The summed E-state index contributed by atoms with van der Waals surface area (Å²) in [7, 11) is 1.40. The summed E-state index contributed by atoms with van der Waals surface area (Å²) in [4.78, 5) is 11.7. The Morgan fingerprint density at radius 2 is 2.00 bits per heavy atom. The van der Waals surface area contributed by atoms with Crippen LogP contribution < -0.4 is 0 Å². The Hall–Kier alpha value is -0.570. The van der Waals surface area contributed by atoms with Gasteiger partial charge in [-0.15, -0.1) is 0 Å². The summed E-state index contributed by atoms with van der Waals surface area (Å²) in [6, 6.07) is 0. The summed E-state index contributed by atoms with van der Waals surface area (Å²) in [6.45, 7) is 6.42. The summed E-state index contributed by atoms with van der Waals surface area (Å²) < 4.78 is 4.80. The standard InChI is InChI=1S/C12H20O3/c1-11(2)7-5-6-12(11,3)9(13)8(7)10(14)15-4/h7-9,13H,5-6H2,1-4H3/t7-,8+,9+,12+/m1/s1. The van der Waals surface area contributed by atoms with Crippen LogP contribution in [0.4, 0.5) is 0 Å². The average molecular weight is 212 g/mol. The number of hydrogen-bond donors (Lipinski definition) is 1. The Labute approximate surface area is 90.8 Å². The van der Waals surface area contributed by atoms with Gasteiger partial charge in [-0.05, 0) is 29.6 Å². The molecule has 2 rings (SSSR count). The van der Waals surface area contributed by atoms with Crippen LogP contribution in [0.2, 0.25) is 0 Å². The lowest BCUT2D eigenvalue weighted by atomic mass is 9.70. The molecule has 2 bridgehead atoms. The number of fused-ring (bicyclic) bond motifs is 2. The third-order valence-corrected chi connectivity index (χ3v) is 5.27. The fourth-order valence-electron chi connectivity index (χ4n) is 3.76. The van der Waals surface area contributed by atoms with Gasteiger partial charge in [-0.1, -0.05) is 20.8 Å². The first-order valence-electron chi connectivity index (χ1n) is 5.62. The van der Waals surface area contributed by atoms with Gasteiger partial charge in [0.15, 0.2) is 0 Å². The van der Waals surface area contributed by atoms with Gasteiger partial charge >= 0.3 is 5.97 Å². The molecule has 3 heteroatoms. The first kappa shape index (κ1) is 10.9. The predicted molar refractivity (Wildman–Crippen MR) is 56.1 cm³/mol. The summed E-state index contributed by atoms with van der Waals surface area (Å²) in [5, 5.41) is 10.3. The molecule has 0 aromatic heterocycles. The van der Waals surface area contributed by atoms with Crippen LogP contribution in [0.1, 0.15) is 33.6 Å². The SMILES string of the molecule is COC(=O)[C@H]1[C@H]2CC[C@@](C)([C@H]1O)C2(C)C. The molecule has 0 heterocycles. The number of aliphatic hydroxyl groups is 1. The van der Waals surface area contributed by atoms with E-state index in [1.54, 1.807) is 0 Å². The van der Waals surface area contributed by atoms with E-state index in [0.29, 0.717) is 0 Å². The molecule has 0 aromatic rings. The average Bonchev–Trinajstić information content (AvgIpc) is 2.48. The number of ether oxygens (including phenoxy) is 1. The molecule has 0 amide bonds. The minimum Gasteiger partial charge on any atom is -0.469 e. The van der Waals surface area contributed by atoms with Crippen molar-refractivity contribution in [3.05, 3.63) is 0 Å². The summed E-state index contributed by atoms with van der Waals surface area (Å²) in [5.74, 6) is -0.294. The zero-order valence-corrected chi connectivity index (χ0v) is 9.91. The molecule has 15 heavy (non-hydrogen) atoms. The van der Waals surface area contributed by atoms with E-state index in [1.807, 2.05) is 0 Å². The number of carbonyl (C=O) groups excluding carboxylic acids is 1. The van der Waals surface area contributed by atoms with Crippen molar-refractivity contribution in [2.45, 2.75) is 39.7 Å². The van der Waals surface area contributed by atoms with Crippen molar-refractivity contribution < 1.29 is 14.6 Å². The minimum absolute atomic E-state index is 0.0330. The fraction of sp³-hybridized carbons (Fsp3) is 0.917. The van der Waals surface area contributed by atoms with E-state index in [-0.39, 0.29) is 28.6 Å². The first-order valence-corrected chi connectivity index (χ1v) is 5.62. The Balaban J connectivity index is 2.38. The lowest BCUT2D eigenvalue weighted by Crippen LogP contribution is -2.40. The highest BCUT2D eigenvalue weighted by Crippen LogP contribution is 2.67. The molecule has 4 atom stereocenters. The van der Waals surface area contributed by atoms with Gasteiger partial charge in [0, 0.05) is 0 Å². The van der Waals surface area contributed by atoms with Gasteiger partial charge in [-0.2, -0.15) is 0 Å². The summed E-state index contributed by atoms with van der Waals surface area (Å²) >= 11 is 0. The van der Waals surface area contributed by atoms with Crippen molar-refractivity contribution in [2.75, 3.05) is 7.11 Å². The third-order valence-electron chi connectivity index (χ3n) is 5.27. The fourth-order valence-corrected chi connectivity index (χ4v) is 3.76. The molecule has 0 radical (unpaired) electrons. The highest BCUT2D eigenvalue weighted by Gasteiger charge is 2.67. The minimum atomic E-state index is -0.543. The second-order valence-corrected chi connectivity index (χ2v) is 5.78. The van der Waals surface area contributed by atoms with Crippen LogP contribution in [0.15, 0.2) is 0 Å². The number of methoxy groups -OCH3 is 1. The van der Waals surface area contributed by atoms with Crippen LogP contribution in [0, 0.1) is 22.7 Å². The maximum atomic E-state index is 11.7. The van der Waals surface area contributed by atoms with Gasteiger partial charge in [0.25, 0.3) is 0 Å². The van der Waals surface area contributed by atoms with Gasteiger partial charge < -0.3 is 9.84 Å². The highest BCUT2D eigenvalue weighted by atomic mass is 16.5. The van der Waals surface area contributed by atoms with Crippen molar-refractivity contribution >= 4 is 5.97 Å². The lowest BCUT2D eigenvalue weighted by molar-refractivity contribution is -0.153. The van der Waals surface area contributed by atoms with Gasteiger partial charge in [0.2, 0.25) is 0 Å². The molecule has 0 spiro atoms. The topological polar surface area (TPSA) is 46.5 Å². The number of hydrogen-bond acceptors (Lipinski definition) is 3. The van der Waals surface area contributed by atoms with Crippen LogP contribution in [0.3, 0.4) is 0 Å². The second kappa shape index (κ2) is 2.97. The number of carbonyl (C=O) groups is 1. The van der Waals surface area contributed by atoms with Gasteiger partial charge in [0.1, 0.15) is 0 Å². The second-order valence-electron chi connectivity index (χ2n) is 5.78. The quantitative estimate of drug-likeness (QED) is 0.671. The number of rotatable bonds is 1. The smallest absolute Gasteiger partial charge is 0.311 e. The van der Waals surface area contributed by atoms with E-state index >= 15 is 0 Å². The van der Waals surface area contributed by atoms with Crippen molar-refractivity contribution in [2.24, 2.45) is 22.7 Å². The molecule has 2 aliphatic carbocycles. The Morgan fingerprint density at radius 3 is 2.40 bits per heavy atom. The van der Waals surface area contributed by atoms with Crippen LogP contribution in [-0.4, -0.2) is 24.3 Å². The van der Waals surface area contributed by atoms with Crippen LogP contribution >= 0.6 is 0 Å². The Morgan fingerprint density at radius 1 is 1.40 bits per heavy atom. The molecule has 86 valence electrons. The van der Waals surface area contributed by atoms with Crippen molar-refractivity contribution in [3.8, 4) is 0 Å². The van der Waals surface area contributed by atoms with Crippen molar-refractivity contribution in [1.82, 2.24) is 0 Å².